The summed E-state index contributed by atoms with van der Waals surface area (Å²) in [6.45, 7) is 0.141. The molecule has 96 valence electrons. The Morgan fingerprint density at radius 2 is 2.26 bits per heavy atom. The summed E-state index contributed by atoms with van der Waals surface area (Å²) in [5, 5.41) is 18.5. The fourth-order valence-electron chi connectivity index (χ4n) is 1.88. The van der Waals surface area contributed by atoms with Crippen LogP contribution in [0.2, 0.25) is 0 Å². The first-order chi connectivity index (χ1) is 9.15. The van der Waals surface area contributed by atoms with Crippen LogP contribution in [0.25, 0.3) is 5.65 Å². The van der Waals surface area contributed by atoms with Crippen LogP contribution in [0.5, 0.6) is 0 Å². The molecule has 0 aliphatic heterocycles. The van der Waals surface area contributed by atoms with E-state index in [9.17, 15) is 10.1 Å². The zero-order chi connectivity index (χ0) is 13.4. The van der Waals surface area contributed by atoms with E-state index in [1.807, 2.05) is 0 Å². The molecule has 3 heterocycles. The molecule has 3 aromatic heterocycles. The Morgan fingerprint density at radius 3 is 2.95 bits per heavy atom. The highest BCUT2D eigenvalue weighted by Crippen LogP contribution is 2.21. The van der Waals surface area contributed by atoms with Gasteiger partial charge >= 0.3 is 5.82 Å². The summed E-state index contributed by atoms with van der Waals surface area (Å²) in [7, 11) is 0. The second-order valence-corrected chi connectivity index (χ2v) is 3.91. The second kappa shape index (κ2) is 4.05. The van der Waals surface area contributed by atoms with Crippen LogP contribution in [0.15, 0.2) is 30.6 Å². The third-order valence-electron chi connectivity index (χ3n) is 2.62. The van der Waals surface area contributed by atoms with E-state index in [4.69, 9.17) is 5.73 Å². The predicted octanol–water partition coefficient (Wildman–Crippen LogP) is 0.464. The predicted molar refractivity (Wildman–Crippen MR) is 65.4 cm³/mol. The van der Waals surface area contributed by atoms with Crippen LogP contribution in [0, 0.1) is 10.1 Å². The smallest absolute Gasteiger partial charge is 0.353 e. The van der Waals surface area contributed by atoms with E-state index in [2.05, 4.69) is 15.3 Å². The molecule has 0 aliphatic rings. The van der Waals surface area contributed by atoms with Crippen molar-refractivity contribution in [3.63, 3.8) is 0 Å². The number of aromatic nitrogens is 5. The molecular weight excluding hydrogens is 250 g/mol. The van der Waals surface area contributed by atoms with Gasteiger partial charge in [-0.1, -0.05) is 11.3 Å². The van der Waals surface area contributed by atoms with E-state index in [-0.39, 0.29) is 18.2 Å². The molecule has 9 heteroatoms. The fraction of sp³-hybridized carbons (Fsp3) is 0.100. The van der Waals surface area contributed by atoms with Gasteiger partial charge in [-0.3, -0.25) is 0 Å². The zero-order valence-corrected chi connectivity index (χ0v) is 9.67. The van der Waals surface area contributed by atoms with E-state index in [0.717, 1.165) is 0 Å². The van der Waals surface area contributed by atoms with Crippen molar-refractivity contribution in [3.8, 4) is 0 Å². The molecule has 0 aromatic carbocycles. The molecule has 3 rings (SSSR count). The summed E-state index contributed by atoms with van der Waals surface area (Å²) in [6, 6.07) is 5.18. The van der Waals surface area contributed by atoms with Gasteiger partial charge in [0.05, 0.1) is 18.9 Å². The minimum atomic E-state index is -0.463. The van der Waals surface area contributed by atoms with Gasteiger partial charge in [0, 0.05) is 6.07 Å². The molecule has 2 N–H and O–H groups in total. The Morgan fingerprint density at radius 1 is 1.42 bits per heavy atom. The van der Waals surface area contributed by atoms with Gasteiger partial charge in [0.25, 0.3) is 0 Å². The molecule has 0 spiro atoms. The first-order valence-electron chi connectivity index (χ1n) is 5.41. The number of nitrogens with zero attached hydrogens (tertiary/aromatic N) is 6. The number of imidazole rings is 1. The first-order valence-corrected chi connectivity index (χ1v) is 5.41. The molecule has 9 nitrogen and oxygen atoms in total. The third-order valence-corrected chi connectivity index (χ3v) is 2.62. The average molecular weight is 259 g/mol. The van der Waals surface area contributed by atoms with E-state index >= 15 is 0 Å². The van der Waals surface area contributed by atoms with E-state index < -0.39 is 4.92 Å². The minimum Gasteiger partial charge on any atom is -0.381 e. The van der Waals surface area contributed by atoms with E-state index in [1.54, 1.807) is 24.4 Å². The van der Waals surface area contributed by atoms with Crippen molar-refractivity contribution in [1.82, 2.24) is 24.4 Å². The molecule has 0 atom stereocenters. The molecule has 3 aromatic rings. The van der Waals surface area contributed by atoms with Gasteiger partial charge in [-0.15, -0.1) is 5.10 Å². The quantitative estimate of drug-likeness (QED) is 0.539. The lowest BCUT2D eigenvalue weighted by Gasteiger charge is -1.97. The summed E-state index contributed by atoms with van der Waals surface area (Å²) in [5.74, 6) is 0.177. The summed E-state index contributed by atoms with van der Waals surface area (Å²) in [4.78, 5) is 14.9. The molecule has 0 unspecified atom stereocenters. The van der Waals surface area contributed by atoms with Gasteiger partial charge in [0.2, 0.25) is 5.65 Å². The number of hydrogen-bond donors (Lipinski definition) is 1. The number of anilines is 1. The maximum absolute atomic E-state index is 11.2. The van der Waals surface area contributed by atoms with Crippen molar-refractivity contribution in [2.75, 3.05) is 5.73 Å². The van der Waals surface area contributed by atoms with Crippen LogP contribution in [-0.4, -0.2) is 29.3 Å². The van der Waals surface area contributed by atoms with Crippen LogP contribution in [0.3, 0.4) is 0 Å². The van der Waals surface area contributed by atoms with Gasteiger partial charge < -0.3 is 15.8 Å². The van der Waals surface area contributed by atoms with E-state index in [0.29, 0.717) is 11.3 Å². The first kappa shape index (κ1) is 11.1. The maximum Gasteiger partial charge on any atom is 0.353 e. The van der Waals surface area contributed by atoms with Crippen molar-refractivity contribution >= 4 is 17.3 Å². The lowest BCUT2D eigenvalue weighted by molar-refractivity contribution is -0.391. The SMILES string of the molecule is Nc1cn(Cc2nc3ccccn3c2[N+](=O)[O-])nn1. The lowest BCUT2D eigenvalue weighted by atomic mass is 10.4. The van der Waals surface area contributed by atoms with Crippen LogP contribution in [0.1, 0.15) is 5.69 Å². The van der Waals surface area contributed by atoms with Crippen molar-refractivity contribution in [1.29, 1.82) is 0 Å². The van der Waals surface area contributed by atoms with Gasteiger partial charge in [0.15, 0.2) is 11.5 Å². The molecule has 0 saturated heterocycles. The highest BCUT2D eigenvalue weighted by molar-refractivity contribution is 5.49. The molecule has 0 amide bonds. The maximum atomic E-state index is 11.2. The molecule has 0 fully saturated rings. The third kappa shape index (κ3) is 1.86. The van der Waals surface area contributed by atoms with Crippen LogP contribution >= 0.6 is 0 Å². The Labute approximate surface area is 106 Å². The largest absolute Gasteiger partial charge is 0.381 e. The van der Waals surface area contributed by atoms with Gasteiger partial charge in [-0.05, 0) is 11.0 Å². The topological polar surface area (TPSA) is 117 Å². The van der Waals surface area contributed by atoms with Crippen molar-refractivity contribution in [2.24, 2.45) is 0 Å². The number of hydrogen-bond acceptors (Lipinski definition) is 6. The number of nitro groups is 1. The second-order valence-electron chi connectivity index (χ2n) is 3.91. The van der Waals surface area contributed by atoms with Crippen molar-refractivity contribution < 1.29 is 4.92 Å². The number of nitrogen functional groups attached to an aromatic ring is 1. The Hall–Kier alpha value is -2.97. The lowest BCUT2D eigenvalue weighted by Crippen LogP contribution is -2.04. The monoisotopic (exact) mass is 259 g/mol. The number of pyridine rings is 1. The molecule has 0 aliphatic carbocycles. The highest BCUT2D eigenvalue weighted by Gasteiger charge is 2.22. The number of fused-ring (bicyclic) bond motifs is 1. The molecule has 0 radical (unpaired) electrons. The summed E-state index contributed by atoms with van der Waals surface area (Å²) in [6.07, 6.45) is 3.09. The summed E-state index contributed by atoms with van der Waals surface area (Å²) < 4.78 is 2.83. The highest BCUT2D eigenvalue weighted by atomic mass is 16.6. The standard InChI is InChI=1S/C10H9N7O2/c11-8-6-15(14-13-8)5-7-10(17(18)19)16-4-2-1-3-9(16)12-7/h1-4,6H,5,11H2. The Kier molecular flexibility index (Phi) is 2.37. The van der Waals surface area contributed by atoms with Gasteiger partial charge in [-0.2, -0.15) is 4.40 Å². The number of rotatable bonds is 3. The average Bonchev–Trinajstić information content (AvgIpc) is 2.92. The van der Waals surface area contributed by atoms with Gasteiger partial charge in [-0.25, -0.2) is 9.67 Å². The molecular formula is C10H9N7O2. The molecule has 0 saturated carbocycles. The molecule has 0 bridgehead atoms. The van der Waals surface area contributed by atoms with Crippen LogP contribution in [0.4, 0.5) is 11.6 Å². The van der Waals surface area contributed by atoms with Crippen LogP contribution in [-0.2, 0) is 6.54 Å². The normalized spacial score (nSPS) is 10.9. The zero-order valence-electron chi connectivity index (χ0n) is 9.67. The summed E-state index contributed by atoms with van der Waals surface area (Å²) >= 11 is 0. The van der Waals surface area contributed by atoms with E-state index in [1.165, 1.54) is 15.3 Å². The molecule has 19 heavy (non-hydrogen) atoms. The Bertz CT molecular complexity index is 760. The minimum absolute atomic E-state index is 0.0790. The van der Waals surface area contributed by atoms with Gasteiger partial charge in [0.1, 0.15) is 0 Å². The summed E-state index contributed by atoms with van der Waals surface area (Å²) in [5.41, 5.74) is 6.27. The van der Waals surface area contributed by atoms with Crippen molar-refractivity contribution in [2.45, 2.75) is 6.54 Å². The Balaban J connectivity index is 2.12. The number of nitrogens with two attached hydrogens (primary N) is 1. The van der Waals surface area contributed by atoms with Crippen LogP contribution < -0.4 is 5.73 Å². The fourth-order valence-corrected chi connectivity index (χ4v) is 1.88. The van der Waals surface area contributed by atoms with Crippen molar-refractivity contribution in [3.05, 3.63) is 46.4 Å².